The first-order chi connectivity index (χ1) is 9.62. The molecule has 3 saturated heterocycles. The van der Waals surface area contributed by atoms with E-state index in [0.29, 0.717) is 31.7 Å². The van der Waals surface area contributed by atoms with Crippen LogP contribution >= 0.6 is 0 Å². The number of nitrogens with zero attached hydrogens (tertiary/aromatic N) is 1. The fourth-order valence-electron chi connectivity index (χ4n) is 5.49. The monoisotopic (exact) mass is 279 g/mol. The second-order valence-electron chi connectivity index (χ2n) is 6.89. The van der Waals surface area contributed by atoms with E-state index in [2.05, 4.69) is 0 Å². The number of carbonyl (C=O) groups is 2. The Bertz CT molecular complexity index is 478. The Kier molecular flexibility index (Phi) is 2.50. The number of esters is 1. The lowest BCUT2D eigenvalue weighted by Gasteiger charge is -2.56. The Morgan fingerprint density at radius 3 is 2.90 bits per heavy atom. The molecular weight excluding hydrogens is 258 g/mol. The lowest BCUT2D eigenvalue weighted by molar-refractivity contribution is -0.174. The van der Waals surface area contributed by atoms with E-state index in [1.165, 1.54) is 6.42 Å². The van der Waals surface area contributed by atoms with E-state index in [1.54, 1.807) is 0 Å². The molecule has 4 atom stereocenters. The molecule has 1 spiro atoms. The molecule has 3 aliphatic heterocycles. The van der Waals surface area contributed by atoms with Gasteiger partial charge in [0.15, 0.2) is 0 Å². The topological polar surface area (TPSA) is 66.8 Å². The third kappa shape index (κ3) is 1.32. The van der Waals surface area contributed by atoms with Crippen LogP contribution in [0.3, 0.4) is 0 Å². The molecule has 0 aromatic rings. The van der Waals surface area contributed by atoms with Gasteiger partial charge in [-0.15, -0.1) is 0 Å². The third-order valence-electron chi connectivity index (χ3n) is 6.26. The molecule has 0 aromatic carbocycles. The summed E-state index contributed by atoms with van der Waals surface area (Å²) in [7, 11) is 0. The van der Waals surface area contributed by atoms with Crippen molar-refractivity contribution in [3.05, 3.63) is 0 Å². The van der Waals surface area contributed by atoms with Crippen molar-refractivity contribution >= 4 is 11.9 Å². The molecule has 5 heteroatoms. The number of aliphatic hydroxyl groups excluding tert-OH is 1. The maximum absolute atomic E-state index is 12.4. The number of ether oxygens (including phenoxy) is 1. The van der Waals surface area contributed by atoms with E-state index in [0.717, 1.165) is 19.3 Å². The van der Waals surface area contributed by atoms with Crippen molar-refractivity contribution in [1.29, 1.82) is 0 Å². The van der Waals surface area contributed by atoms with Gasteiger partial charge >= 0.3 is 5.97 Å². The molecule has 1 N–H and O–H groups in total. The van der Waals surface area contributed by atoms with Crippen molar-refractivity contribution in [2.24, 2.45) is 11.8 Å². The van der Waals surface area contributed by atoms with E-state index in [1.807, 2.05) is 4.90 Å². The Morgan fingerprint density at radius 2 is 2.10 bits per heavy atom. The second kappa shape index (κ2) is 3.97. The average molecular weight is 279 g/mol. The summed E-state index contributed by atoms with van der Waals surface area (Å²) in [5, 5.41) is 9.86. The molecule has 0 bridgehead atoms. The standard InChI is InChI=1S/C15H21NO4/c17-9-14-5-6-16-12(18)7-10-3-1-2-4-15(10,16)11(14)8-13(19)20-14/h10-11,17H,1-9H2/t10-,11+,14-,15-/m0/s1. The van der Waals surface area contributed by atoms with Crippen molar-refractivity contribution in [3.8, 4) is 0 Å². The highest BCUT2D eigenvalue weighted by Gasteiger charge is 2.68. The van der Waals surface area contributed by atoms with Crippen LogP contribution in [0.2, 0.25) is 0 Å². The van der Waals surface area contributed by atoms with E-state index in [-0.39, 0.29) is 29.9 Å². The predicted molar refractivity (Wildman–Crippen MR) is 69.7 cm³/mol. The largest absolute Gasteiger partial charge is 0.456 e. The van der Waals surface area contributed by atoms with E-state index in [4.69, 9.17) is 4.74 Å². The van der Waals surface area contributed by atoms with Gasteiger partial charge in [0.25, 0.3) is 0 Å². The number of hydrogen-bond donors (Lipinski definition) is 1. The van der Waals surface area contributed by atoms with Gasteiger partial charge < -0.3 is 14.7 Å². The van der Waals surface area contributed by atoms with Crippen molar-refractivity contribution < 1.29 is 19.4 Å². The van der Waals surface area contributed by atoms with Crippen molar-refractivity contribution in [2.45, 2.75) is 56.1 Å². The number of hydrogen-bond acceptors (Lipinski definition) is 4. The summed E-state index contributed by atoms with van der Waals surface area (Å²) in [6.07, 6.45) is 5.86. The molecule has 110 valence electrons. The molecule has 3 heterocycles. The first kappa shape index (κ1) is 12.6. The molecule has 0 unspecified atom stereocenters. The molecule has 1 aliphatic carbocycles. The molecule has 4 fully saturated rings. The van der Waals surface area contributed by atoms with Crippen LogP contribution < -0.4 is 0 Å². The first-order valence-corrected chi connectivity index (χ1v) is 7.75. The van der Waals surface area contributed by atoms with Crippen LogP contribution in [0.5, 0.6) is 0 Å². The molecule has 20 heavy (non-hydrogen) atoms. The summed E-state index contributed by atoms with van der Waals surface area (Å²) >= 11 is 0. The van der Waals surface area contributed by atoms with Gasteiger partial charge in [-0.25, -0.2) is 0 Å². The summed E-state index contributed by atoms with van der Waals surface area (Å²) in [5.74, 6) is 0.360. The lowest BCUT2D eigenvalue weighted by Crippen LogP contribution is -2.66. The van der Waals surface area contributed by atoms with E-state index in [9.17, 15) is 14.7 Å². The zero-order valence-electron chi connectivity index (χ0n) is 11.6. The van der Waals surface area contributed by atoms with Crippen molar-refractivity contribution in [3.63, 3.8) is 0 Å². The highest BCUT2D eigenvalue weighted by atomic mass is 16.6. The Hall–Kier alpha value is -1.10. The van der Waals surface area contributed by atoms with Crippen LogP contribution in [0.25, 0.3) is 0 Å². The minimum absolute atomic E-state index is 0.0157. The van der Waals surface area contributed by atoms with E-state index < -0.39 is 5.60 Å². The Labute approximate surface area is 118 Å². The molecule has 1 saturated carbocycles. The van der Waals surface area contributed by atoms with Crippen LogP contribution in [0, 0.1) is 11.8 Å². The van der Waals surface area contributed by atoms with Crippen LogP contribution in [0.15, 0.2) is 0 Å². The zero-order valence-corrected chi connectivity index (χ0v) is 11.6. The fraction of sp³-hybridized carbons (Fsp3) is 0.867. The summed E-state index contributed by atoms with van der Waals surface area (Å²) in [6, 6.07) is 0. The van der Waals surface area contributed by atoms with Gasteiger partial charge in [-0.3, -0.25) is 9.59 Å². The highest BCUT2D eigenvalue weighted by Crippen LogP contribution is 2.59. The molecule has 4 aliphatic rings. The number of aliphatic hydroxyl groups is 1. The van der Waals surface area contributed by atoms with Gasteiger partial charge in [-0.05, 0) is 18.8 Å². The van der Waals surface area contributed by atoms with Crippen LogP contribution in [0.4, 0.5) is 0 Å². The maximum atomic E-state index is 12.4. The summed E-state index contributed by atoms with van der Waals surface area (Å²) < 4.78 is 5.56. The SMILES string of the molecule is O=C1C[C@@H]2[C@@](CO)(CCN3C(=O)C[C@@H]4CCCC[C@]423)O1. The molecule has 4 rings (SSSR count). The highest BCUT2D eigenvalue weighted by molar-refractivity contribution is 5.82. The smallest absolute Gasteiger partial charge is 0.306 e. The second-order valence-corrected chi connectivity index (χ2v) is 6.89. The molecule has 0 radical (unpaired) electrons. The summed E-state index contributed by atoms with van der Waals surface area (Å²) in [6.45, 7) is 0.513. The zero-order chi connectivity index (χ0) is 14.0. The fourth-order valence-corrected chi connectivity index (χ4v) is 5.49. The molecular formula is C15H21NO4. The third-order valence-corrected chi connectivity index (χ3v) is 6.26. The van der Waals surface area contributed by atoms with Gasteiger partial charge in [-0.2, -0.15) is 0 Å². The molecule has 1 amide bonds. The van der Waals surface area contributed by atoms with Gasteiger partial charge in [0.2, 0.25) is 5.91 Å². The normalized spacial score (nSPS) is 46.8. The summed E-state index contributed by atoms with van der Waals surface area (Å²) in [4.78, 5) is 26.3. The number of fused-ring (bicyclic) bond motifs is 1. The van der Waals surface area contributed by atoms with Crippen molar-refractivity contribution in [1.82, 2.24) is 4.90 Å². The van der Waals surface area contributed by atoms with Gasteiger partial charge in [0.05, 0.1) is 18.6 Å². The van der Waals surface area contributed by atoms with Gasteiger partial charge in [0, 0.05) is 25.3 Å². The molecule has 0 aromatic heterocycles. The van der Waals surface area contributed by atoms with Crippen LogP contribution in [0.1, 0.15) is 44.9 Å². The number of rotatable bonds is 1. The quantitative estimate of drug-likeness (QED) is 0.723. The predicted octanol–water partition coefficient (Wildman–Crippen LogP) is 0.846. The molecule has 5 nitrogen and oxygen atoms in total. The lowest BCUT2D eigenvalue weighted by atomic mass is 9.59. The number of carbonyl (C=O) groups excluding carboxylic acids is 2. The Balaban J connectivity index is 1.82. The van der Waals surface area contributed by atoms with E-state index >= 15 is 0 Å². The van der Waals surface area contributed by atoms with Crippen LogP contribution in [-0.2, 0) is 14.3 Å². The average Bonchev–Trinajstić information content (AvgIpc) is 2.93. The Morgan fingerprint density at radius 1 is 1.25 bits per heavy atom. The van der Waals surface area contributed by atoms with Crippen molar-refractivity contribution in [2.75, 3.05) is 13.2 Å². The van der Waals surface area contributed by atoms with Gasteiger partial charge in [-0.1, -0.05) is 12.8 Å². The minimum atomic E-state index is -0.728. The summed E-state index contributed by atoms with van der Waals surface area (Å²) in [5.41, 5.74) is -0.948. The van der Waals surface area contributed by atoms with Gasteiger partial charge in [0.1, 0.15) is 5.60 Å². The van der Waals surface area contributed by atoms with Crippen LogP contribution in [-0.4, -0.2) is 46.2 Å². The maximum Gasteiger partial charge on any atom is 0.306 e. The minimum Gasteiger partial charge on any atom is -0.456 e. The number of piperidine rings is 1. The first-order valence-electron chi connectivity index (χ1n) is 7.75. The number of amides is 1.